The fourth-order valence-corrected chi connectivity index (χ4v) is 3.85. The number of carbonyl (C=O) groups excluding carboxylic acids is 5. The molecule has 0 bridgehead atoms. The van der Waals surface area contributed by atoms with Crippen LogP contribution in [-0.2, 0) is 426 Å². The van der Waals surface area contributed by atoms with E-state index < -0.39 is 18.2 Å². The molecule has 0 aliphatic heterocycles. The Kier molecular flexibility index (Phi) is 179. The number of nitrogens with one attached hydrogen (secondary N) is 4. The molecule has 0 aromatic heterocycles. The van der Waals surface area contributed by atoms with Crippen molar-refractivity contribution in [2.24, 2.45) is 0 Å². The molecule has 5 atom stereocenters. The Balaban J connectivity index is -0.0000000225. The SMILES string of the molecule is C.C.C.C=C(C)[C@H](CO)NC(C)C.CC(=O)[C@@H](NC(C)C)[C@@H](C)O.COC(=O)CC[C@H](NC(C)C)C(C)=O.COC(=O)C[C@H](NC(C)C)C(C)=O.[Y].[Y].[Y].[Y].[Y].[Y].[Y].[Y].[Y].[Y].[Y].[Y]. The predicted octanol–water partition coefficient (Wildman–Crippen LogP) is 4.52. The van der Waals surface area contributed by atoms with Gasteiger partial charge in [0.15, 0.2) is 0 Å². The summed E-state index contributed by atoms with van der Waals surface area (Å²) in [6, 6.07) is 0.00371. The number of methoxy groups -OCH3 is 2. The Bertz CT molecular complexity index is 967. The number of Topliss-reactive ketones (excluding diaryl/α,β-unsaturated/α-hetero) is 3. The molecule has 0 aliphatic carbocycles. The molecule has 0 saturated heterocycles. The van der Waals surface area contributed by atoms with E-state index in [0.717, 1.165) is 5.57 Å². The van der Waals surface area contributed by atoms with Crippen molar-refractivity contribution in [1.29, 1.82) is 0 Å². The molecule has 0 saturated carbocycles. The van der Waals surface area contributed by atoms with Gasteiger partial charge < -0.3 is 41.0 Å². The minimum absolute atomic E-state index is 0. The third-order valence-corrected chi connectivity index (χ3v) is 6.26. The molecule has 0 aliphatic rings. The molecule has 63 heavy (non-hydrogen) atoms. The number of ketones is 3. The van der Waals surface area contributed by atoms with Crippen LogP contribution in [-0.4, -0.2) is 115 Å². The zero-order chi connectivity index (χ0) is 38.7. The molecule has 0 fully saturated rings. The van der Waals surface area contributed by atoms with Crippen LogP contribution < -0.4 is 21.3 Å². The van der Waals surface area contributed by atoms with E-state index >= 15 is 0 Å². The van der Waals surface area contributed by atoms with Crippen molar-refractivity contribution >= 4 is 29.3 Å². The van der Waals surface area contributed by atoms with Crippen LogP contribution in [0.1, 0.15) is 132 Å². The summed E-state index contributed by atoms with van der Waals surface area (Å²) in [5, 5.41) is 30.2. The number of aliphatic hydroxyl groups is 2. The summed E-state index contributed by atoms with van der Waals surface area (Å²) >= 11 is 0. The zero-order valence-electron chi connectivity index (χ0n) is 39.4. The van der Waals surface area contributed by atoms with Gasteiger partial charge in [-0.2, -0.15) is 0 Å². The van der Waals surface area contributed by atoms with Gasteiger partial charge in [0.2, 0.25) is 0 Å². The van der Waals surface area contributed by atoms with Gasteiger partial charge in [-0.1, -0.05) is 89.8 Å². The molecular weight excluding hydrogens is 1720 g/mol. The van der Waals surface area contributed by atoms with Crippen molar-refractivity contribution in [2.75, 3.05) is 20.8 Å². The summed E-state index contributed by atoms with van der Waals surface area (Å²) in [4.78, 5) is 54.9. The van der Waals surface area contributed by atoms with Gasteiger partial charge in [-0.05, 0) is 41.0 Å². The van der Waals surface area contributed by atoms with Gasteiger partial charge in [-0.25, -0.2) is 0 Å². The molecule has 13 nitrogen and oxygen atoms in total. The first-order valence-electron chi connectivity index (χ1n) is 16.6. The third kappa shape index (κ3) is 95.5. The summed E-state index contributed by atoms with van der Waals surface area (Å²) in [5.41, 5.74) is 0.983. The molecule has 0 aromatic carbocycles. The van der Waals surface area contributed by atoms with E-state index in [1.54, 1.807) is 6.92 Å². The monoisotopic (exact) mass is 1810 g/mol. The number of ether oxygens (including phenoxy) is 2. The first kappa shape index (κ1) is 130. The topological polar surface area (TPSA) is 192 Å². The fraction of sp³-hybridized carbons (Fsp3) is 0.816. The van der Waals surface area contributed by atoms with E-state index in [-0.39, 0.29) is 494 Å². The van der Waals surface area contributed by atoms with Crippen molar-refractivity contribution in [3.63, 3.8) is 0 Å². The maximum absolute atomic E-state index is 11.2. The van der Waals surface area contributed by atoms with Crippen LogP contribution in [0.15, 0.2) is 12.2 Å². The number of rotatable bonds is 19. The Labute approximate surface area is 689 Å². The van der Waals surface area contributed by atoms with E-state index in [1.807, 2.05) is 62.3 Å². The summed E-state index contributed by atoms with van der Waals surface area (Å²) in [7, 11) is 2.66. The van der Waals surface area contributed by atoms with E-state index in [4.69, 9.17) is 10.2 Å². The maximum atomic E-state index is 11.2. The number of hydrogen-bond acceptors (Lipinski definition) is 13. The molecule has 0 heterocycles. The molecule has 6 N–H and O–H groups in total. The first-order chi connectivity index (χ1) is 22.0. The van der Waals surface area contributed by atoms with Gasteiger partial charge in [0, 0.05) is 423 Å². The number of aliphatic hydroxyl groups excluding tert-OH is 2. The predicted molar refractivity (Wildman–Crippen MR) is 212 cm³/mol. The molecule has 0 amide bonds. The Morgan fingerprint density at radius 3 is 0.952 bits per heavy atom. The fourth-order valence-electron chi connectivity index (χ4n) is 3.85. The van der Waals surface area contributed by atoms with Crippen molar-refractivity contribution in [3.8, 4) is 0 Å². The summed E-state index contributed by atoms with van der Waals surface area (Å²) < 4.78 is 8.99. The third-order valence-electron chi connectivity index (χ3n) is 6.26. The Hall–Kier alpha value is 10.7. The largest absolute Gasteiger partial charge is 0.469 e. The second kappa shape index (κ2) is 86.6. The van der Waals surface area contributed by atoms with Gasteiger partial charge in [0.1, 0.15) is 17.3 Å². The van der Waals surface area contributed by atoms with E-state index in [2.05, 4.69) is 37.3 Å². The molecule has 12 radical (unpaired) electrons. The standard InChI is InChI=1S/C10H19NO3.C9H17NO3.C8H17NO2.C8H17NO.3CH4.12Y/c1-7(2)11-9(8(3)12)5-6-10(13)14-4;1-6(2)10-8(7(3)11)5-9(12)13-4;1-5(2)9-8(6(3)10)7(4)11;1-6(2)8(5-10)9-7(3)4;;;;;;;;;;;;;;;/h7,9,11H,5-6H2,1-4H3;6,8,10H,5H2,1-4H3;5-6,8-10H,1-4H3;7-10H,1,5H2,2-4H3;3*1H4;;;;;;;;;;;;/t9-;8-;6-,8+;8-;;;;;;;;;;;;;;;/m0010.............../s1. The van der Waals surface area contributed by atoms with Gasteiger partial charge in [0.05, 0.1) is 57.5 Å². The van der Waals surface area contributed by atoms with Gasteiger partial charge in [0.25, 0.3) is 0 Å². The molecule has 344 valence electrons. The van der Waals surface area contributed by atoms with Crippen LogP contribution in [0.5, 0.6) is 0 Å². The van der Waals surface area contributed by atoms with Crippen molar-refractivity contribution in [1.82, 2.24) is 21.3 Å². The van der Waals surface area contributed by atoms with Crippen LogP contribution in [0, 0.1) is 0 Å². The average Bonchev–Trinajstić information content (AvgIpc) is 2.95. The van der Waals surface area contributed by atoms with Gasteiger partial charge >= 0.3 is 11.9 Å². The molecule has 25 heteroatoms. The van der Waals surface area contributed by atoms with Crippen molar-refractivity contribution < 1.29 is 436 Å². The molecule has 0 unspecified atom stereocenters. The van der Waals surface area contributed by atoms with Crippen LogP contribution in [0.25, 0.3) is 0 Å². The second-order valence-electron chi connectivity index (χ2n) is 12.9. The normalized spacial score (nSPS) is 10.5. The maximum Gasteiger partial charge on any atom is 0.307 e. The molecular formula is C38H82N4O9Y12. The van der Waals surface area contributed by atoms with Gasteiger partial charge in [-0.3, -0.25) is 24.0 Å². The molecule has 0 spiro atoms. The summed E-state index contributed by atoms with van der Waals surface area (Å²) in [5.74, 6) is -0.648. The second-order valence-corrected chi connectivity index (χ2v) is 12.9. The summed E-state index contributed by atoms with van der Waals surface area (Å²) in [6.07, 6.45) is 0.264. The van der Waals surface area contributed by atoms with Crippen molar-refractivity contribution in [3.05, 3.63) is 12.2 Å². The van der Waals surface area contributed by atoms with Gasteiger partial charge in [-0.15, -0.1) is 0 Å². The number of hydrogen-bond donors (Lipinski definition) is 6. The number of esters is 2. The average molecular weight is 1810 g/mol. The summed E-state index contributed by atoms with van der Waals surface area (Å²) in [6.45, 7) is 27.6. The van der Waals surface area contributed by atoms with Crippen LogP contribution in [0.4, 0.5) is 0 Å². The molecule has 0 rings (SSSR count). The van der Waals surface area contributed by atoms with E-state index in [0.29, 0.717) is 12.5 Å². The zero-order valence-corrected chi connectivity index (χ0v) is 73.5. The van der Waals surface area contributed by atoms with Crippen LogP contribution in [0.2, 0.25) is 0 Å². The van der Waals surface area contributed by atoms with Crippen LogP contribution >= 0.6 is 0 Å². The molecule has 0 aromatic rings. The minimum atomic E-state index is -0.616. The van der Waals surface area contributed by atoms with Crippen molar-refractivity contribution in [2.45, 2.75) is 186 Å². The minimum Gasteiger partial charge on any atom is -0.469 e. The first-order valence-corrected chi connectivity index (χ1v) is 16.6. The Morgan fingerprint density at radius 2 is 0.778 bits per heavy atom. The van der Waals surface area contributed by atoms with Crippen LogP contribution in [0.3, 0.4) is 0 Å². The van der Waals surface area contributed by atoms with E-state index in [1.165, 1.54) is 35.0 Å². The van der Waals surface area contributed by atoms with E-state index in [9.17, 15) is 24.0 Å². The quantitative estimate of drug-likeness (QED) is 0.0783. The number of carbonyl (C=O) groups is 5. The smallest absolute Gasteiger partial charge is 0.307 e. The Morgan fingerprint density at radius 1 is 0.492 bits per heavy atom.